The predicted octanol–water partition coefficient (Wildman–Crippen LogP) is 3.05. The van der Waals surface area contributed by atoms with Gasteiger partial charge < -0.3 is 5.32 Å². The monoisotopic (exact) mass is 270 g/mol. The molecule has 0 spiro atoms. The number of halogens is 2. The molecule has 2 rings (SSSR count). The fourth-order valence-electron chi connectivity index (χ4n) is 2.55. The van der Waals surface area contributed by atoms with Crippen molar-refractivity contribution in [2.45, 2.75) is 32.4 Å². The fourth-order valence-corrected chi connectivity index (χ4v) is 2.75. The lowest BCUT2D eigenvalue weighted by Gasteiger charge is -2.34. The van der Waals surface area contributed by atoms with Gasteiger partial charge in [-0.25, -0.2) is 4.39 Å². The molecular formula is C14H20ClFN2. The van der Waals surface area contributed by atoms with Crippen LogP contribution in [0, 0.1) is 5.82 Å². The zero-order chi connectivity index (χ0) is 13.0. The quantitative estimate of drug-likeness (QED) is 0.905. The molecule has 2 nitrogen and oxygen atoms in total. The van der Waals surface area contributed by atoms with Gasteiger partial charge in [-0.1, -0.05) is 18.5 Å². The largest absolute Gasteiger partial charge is 0.317 e. The number of rotatable bonds is 4. The molecule has 0 aromatic heterocycles. The van der Waals surface area contributed by atoms with E-state index in [1.165, 1.54) is 6.07 Å². The van der Waals surface area contributed by atoms with Crippen LogP contribution >= 0.6 is 11.6 Å². The van der Waals surface area contributed by atoms with E-state index in [9.17, 15) is 4.39 Å². The number of hydrogen-bond donors (Lipinski definition) is 1. The first-order chi connectivity index (χ1) is 8.70. The Morgan fingerprint density at radius 1 is 1.39 bits per heavy atom. The van der Waals surface area contributed by atoms with E-state index >= 15 is 0 Å². The highest BCUT2D eigenvalue weighted by Gasteiger charge is 2.20. The molecule has 1 aromatic carbocycles. The van der Waals surface area contributed by atoms with Crippen molar-refractivity contribution in [2.75, 3.05) is 19.6 Å². The zero-order valence-electron chi connectivity index (χ0n) is 10.8. The SMILES string of the molecule is CCN(Cc1cc(Cl)ccc1F)C1CCNCC1. The smallest absolute Gasteiger partial charge is 0.127 e. The van der Waals surface area contributed by atoms with Crippen LogP contribution in [0.15, 0.2) is 18.2 Å². The molecule has 0 amide bonds. The maximum absolute atomic E-state index is 13.7. The van der Waals surface area contributed by atoms with Gasteiger partial charge in [-0.05, 0) is 50.7 Å². The third-order valence-corrected chi connectivity index (χ3v) is 3.85. The zero-order valence-corrected chi connectivity index (χ0v) is 11.5. The minimum Gasteiger partial charge on any atom is -0.317 e. The normalized spacial score (nSPS) is 17.3. The number of hydrogen-bond acceptors (Lipinski definition) is 2. The molecular weight excluding hydrogens is 251 g/mol. The van der Waals surface area contributed by atoms with Crippen LogP contribution in [0.25, 0.3) is 0 Å². The van der Waals surface area contributed by atoms with E-state index in [-0.39, 0.29) is 5.82 Å². The summed E-state index contributed by atoms with van der Waals surface area (Å²) in [6.45, 7) is 5.83. The summed E-state index contributed by atoms with van der Waals surface area (Å²) < 4.78 is 13.7. The van der Waals surface area contributed by atoms with Gasteiger partial charge in [0.25, 0.3) is 0 Å². The molecule has 4 heteroatoms. The number of piperidine rings is 1. The van der Waals surface area contributed by atoms with Gasteiger partial charge in [-0.3, -0.25) is 4.90 Å². The molecule has 1 fully saturated rings. The summed E-state index contributed by atoms with van der Waals surface area (Å²) in [6, 6.07) is 5.34. The third kappa shape index (κ3) is 3.44. The second-order valence-corrected chi connectivity index (χ2v) is 5.22. The average Bonchev–Trinajstić information content (AvgIpc) is 2.41. The summed E-state index contributed by atoms with van der Waals surface area (Å²) >= 11 is 5.93. The number of benzene rings is 1. The van der Waals surface area contributed by atoms with Crippen molar-refractivity contribution in [2.24, 2.45) is 0 Å². The van der Waals surface area contributed by atoms with Gasteiger partial charge in [-0.15, -0.1) is 0 Å². The first kappa shape index (κ1) is 13.8. The van der Waals surface area contributed by atoms with E-state index in [0.717, 1.165) is 32.5 Å². The Labute approximate surface area is 113 Å². The highest BCUT2D eigenvalue weighted by atomic mass is 35.5. The van der Waals surface area contributed by atoms with E-state index in [4.69, 9.17) is 11.6 Å². The van der Waals surface area contributed by atoms with Crippen LogP contribution in [0.1, 0.15) is 25.3 Å². The van der Waals surface area contributed by atoms with Gasteiger partial charge in [0.1, 0.15) is 5.82 Å². The Morgan fingerprint density at radius 2 is 2.11 bits per heavy atom. The maximum Gasteiger partial charge on any atom is 0.127 e. The van der Waals surface area contributed by atoms with Crippen molar-refractivity contribution >= 4 is 11.6 Å². The lowest BCUT2D eigenvalue weighted by Crippen LogP contribution is -2.42. The van der Waals surface area contributed by atoms with Gasteiger partial charge in [-0.2, -0.15) is 0 Å². The van der Waals surface area contributed by atoms with Crippen LogP contribution in [0.2, 0.25) is 5.02 Å². The first-order valence-corrected chi connectivity index (χ1v) is 6.97. The second kappa shape index (κ2) is 6.50. The second-order valence-electron chi connectivity index (χ2n) is 4.78. The Kier molecular flexibility index (Phi) is 4.98. The molecule has 0 aliphatic carbocycles. The van der Waals surface area contributed by atoms with E-state index in [1.54, 1.807) is 12.1 Å². The van der Waals surface area contributed by atoms with Gasteiger partial charge >= 0.3 is 0 Å². The van der Waals surface area contributed by atoms with Crippen molar-refractivity contribution < 1.29 is 4.39 Å². The number of nitrogens with zero attached hydrogens (tertiary/aromatic N) is 1. The van der Waals surface area contributed by atoms with Crippen LogP contribution in [0.3, 0.4) is 0 Å². The molecule has 1 aliphatic rings. The molecule has 0 bridgehead atoms. The van der Waals surface area contributed by atoms with E-state index < -0.39 is 0 Å². The fraction of sp³-hybridized carbons (Fsp3) is 0.571. The Morgan fingerprint density at radius 3 is 2.78 bits per heavy atom. The van der Waals surface area contributed by atoms with Gasteiger partial charge in [0.15, 0.2) is 0 Å². The highest BCUT2D eigenvalue weighted by Crippen LogP contribution is 2.20. The number of nitrogens with one attached hydrogen (secondary N) is 1. The van der Waals surface area contributed by atoms with Crippen LogP contribution in [-0.4, -0.2) is 30.6 Å². The third-order valence-electron chi connectivity index (χ3n) is 3.61. The molecule has 0 radical (unpaired) electrons. The molecule has 0 atom stereocenters. The lowest BCUT2D eigenvalue weighted by molar-refractivity contribution is 0.160. The minimum absolute atomic E-state index is 0.160. The Balaban J connectivity index is 2.06. The molecule has 18 heavy (non-hydrogen) atoms. The summed E-state index contributed by atoms with van der Waals surface area (Å²) in [7, 11) is 0. The van der Waals surface area contributed by atoms with E-state index in [0.29, 0.717) is 23.2 Å². The molecule has 1 heterocycles. The highest BCUT2D eigenvalue weighted by molar-refractivity contribution is 6.30. The van der Waals surface area contributed by atoms with Gasteiger partial charge in [0, 0.05) is 23.2 Å². The average molecular weight is 271 g/mol. The molecule has 1 saturated heterocycles. The van der Waals surface area contributed by atoms with Crippen molar-refractivity contribution in [3.05, 3.63) is 34.6 Å². The van der Waals surface area contributed by atoms with E-state index in [2.05, 4.69) is 17.1 Å². The molecule has 0 unspecified atom stereocenters. The standard InChI is InChI=1S/C14H20ClFN2/c1-2-18(13-5-7-17-8-6-13)10-11-9-12(15)3-4-14(11)16/h3-4,9,13,17H,2,5-8,10H2,1H3. The molecule has 1 aromatic rings. The van der Waals surface area contributed by atoms with Gasteiger partial charge in [0.05, 0.1) is 0 Å². The minimum atomic E-state index is -0.160. The van der Waals surface area contributed by atoms with Crippen LogP contribution < -0.4 is 5.32 Å². The van der Waals surface area contributed by atoms with Crippen molar-refractivity contribution in [3.63, 3.8) is 0 Å². The summed E-state index contributed by atoms with van der Waals surface area (Å²) in [4.78, 5) is 2.34. The topological polar surface area (TPSA) is 15.3 Å². The van der Waals surface area contributed by atoms with Crippen molar-refractivity contribution in [3.8, 4) is 0 Å². The molecule has 0 saturated carbocycles. The van der Waals surface area contributed by atoms with Crippen molar-refractivity contribution in [1.29, 1.82) is 0 Å². The summed E-state index contributed by atoms with van der Waals surface area (Å²) in [6.07, 6.45) is 2.27. The predicted molar refractivity (Wildman–Crippen MR) is 73.4 cm³/mol. The first-order valence-electron chi connectivity index (χ1n) is 6.59. The molecule has 1 aliphatic heterocycles. The van der Waals surface area contributed by atoms with Crippen LogP contribution in [0.4, 0.5) is 4.39 Å². The maximum atomic E-state index is 13.7. The van der Waals surface area contributed by atoms with Crippen LogP contribution in [-0.2, 0) is 6.54 Å². The molecule has 100 valence electrons. The Bertz CT molecular complexity index is 391. The Hall–Kier alpha value is -0.640. The van der Waals surface area contributed by atoms with Crippen molar-refractivity contribution in [1.82, 2.24) is 10.2 Å². The van der Waals surface area contributed by atoms with E-state index in [1.807, 2.05) is 0 Å². The lowest BCUT2D eigenvalue weighted by atomic mass is 10.0. The van der Waals surface area contributed by atoms with Gasteiger partial charge in [0.2, 0.25) is 0 Å². The summed E-state index contributed by atoms with van der Waals surface area (Å²) in [5, 5.41) is 3.96. The molecule has 1 N–H and O–H groups in total. The van der Waals surface area contributed by atoms with Crippen LogP contribution in [0.5, 0.6) is 0 Å². The summed E-state index contributed by atoms with van der Waals surface area (Å²) in [5.41, 5.74) is 0.697. The summed E-state index contributed by atoms with van der Waals surface area (Å²) in [5.74, 6) is -0.160.